The zero-order valence-electron chi connectivity index (χ0n) is 18.3. The first kappa shape index (κ1) is 22.0. The predicted molar refractivity (Wildman–Crippen MR) is 126 cm³/mol. The van der Waals surface area contributed by atoms with Crippen molar-refractivity contribution >= 4 is 18.1 Å². The maximum Gasteiger partial charge on any atom is 0.134 e. The van der Waals surface area contributed by atoms with E-state index in [1.54, 1.807) is 12.3 Å². The normalized spacial score (nSPS) is 18.8. The van der Waals surface area contributed by atoms with Crippen LogP contribution in [-0.4, -0.2) is 55.8 Å². The van der Waals surface area contributed by atoms with E-state index in [0.717, 1.165) is 74.8 Å². The van der Waals surface area contributed by atoms with Crippen molar-refractivity contribution in [2.24, 2.45) is 4.99 Å². The van der Waals surface area contributed by atoms with Crippen LogP contribution < -0.4 is 4.90 Å². The van der Waals surface area contributed by atoms with Gasteiger partial charge in [-0.1, -0.05) is 24.8 Å². The third-order valence-electron chi connectivity index (χ3n) is 5.80. The van der Waals surface area contributed by atoms with Crippen LogP contribution in [-0.2, 0) is 0 Å². The van der Waals surface area contributed by atoms with Gasteiger partial charge in [0, 0.05) is 68.1 Å². The second kappa shape index (κ2) is 9.90. The van der Waals surface area contributed by atoms with Crippen molar-refractivity contribution in [3.8, 4) is 0 Å². The van der Waals surface area contributed by atoms with Gasteiger partial charge in [-0.05, 0) is 57.2 Å². The van der Waals surface area contributed by atoms with Gasteiger partial charge in [0.15, 0.2) is 0 Å². The molecule has 1 aromatic rings. The summed E-state index contributed by atoms with van der Waals surface area (Å²) in [4.78, 5) is 10.5. The summed E-state index contributed by atoms with van der Waals surface area (Å²) in [7, 11) is 0. The first-order chi connectivity index (χ1) is 14.4. The van der Waals surface area contributed by atoms with Gasteiger partial charge < -0.3 is 9.80 Å². The minimum atomic E-state index is -0.212. The van der Waals surface area contributed by atoms with Gasteiger partial charge in [-0.2, -0.15) is 0 Å². The number of benzene rings is 1. The third-order valence-corrected chi connectivity index (χ3v) is 5.80. The van der Waals surface area contributed by atoms with Crippen LogP contribution in [0, 0.1) is 5.82 Å². The first-order valence-electron chi connectivity index (χ1n) is 10.6. The molecule has 0 aliphatic carbocycles. The van der Waals surface area contributed by atoms with Gasteiger partial charge in [-0.25, -0.2) is 4.39 Å². The summed E-state index contributed by atoms with van der Waals surface area (Å²) >= 11 is 0. The molecule has 160 valence electrons. The molecule has 0 saturated carbocycles. The van der Waals surface area contributed by atoms with E-state index < -0.39 is 0 Å². The lowest BCUT2D eigenvalue weighted by atomic mass is 10.1. The largest absolute Gasteiger partial charge is 0.369 e. The van der Waals surface area contributed by atoms with Crippen molar-refractivity contribution in [3.63, 3.8) is 0 Å². The maximum atomic E-state index is 14.9. The van der Waals surface area contributed by atoms with E-state index in [4.69, 9.17) is 0 Å². The predicted octanol–water partition coefficient (Wildman–Crippen LogP) is 5.08. The summed E-state index contributed by atoms with van der Waals surface area (Å²) in [6.45, 7) is 21.3. The molecule has 4 nitrogen and oxygen atoms in total. The molecule has 2 aliphatic heterocycles. The minimum absolute atomic E-state index is 0.212. The lowest BCUT2D eigenvalue weighted by Crippen LogP contribution is -2.45. The molecule has 0 aromatic heterocycles. The van der Waals surface area contributed by atoms with Crippen LogP contribution in [0.2, 0.25) is 0 Å². The SMILES string of the molecule is C=N/C=C(C)\C=C(\C)CN1CCN(C(=C)c2ccc(N3CCCC3=C)cc2F)CC1. The lowest BCUT2D eigenvalue weighted by molar-refractivity contribution is 0.187. The summed E-state index contributed by atoms with van der Waals surface area (Å²) < 4.78 is 14.9. The topological polar surface area (TPSA) is 22.1 Å². The summed E-state index contributed by atoms with van der Waals surface area (Å²) in [5.41, 5.74) is 5.70. The summed E-state index contributed by atoms with van der Waals surface area (Å²) in [5.74, 6) is -0.212. The van der Waals surface area contributed by atoms with Gasteiger partial charge in [-0.15, -0.1) is 0 Å². The van der Waals surface area contributed by atoms with E-state index >= 15 is 0 Å². The zero-order valence-corrected chi connectivity index (χ0v) is 18.3. The summed E-state index contributed by atoms with van der Waals surface area (Å²) in [6.07, 6.45) is 5.97. The highest BCUT2D eigenvalue weighted by molar-refractivity contribution is 5.66. The Balaban J connectivity index is 1.58. The van der Waals surface area contributed by atoms with Gasteiger partial charge in [0.25, 0.3) is 0 Å². The van der Waals surface area contributed by atoms with Crippen molar-refractivity contribution in [2.75, 3.05) is 44.2 Å². The Morgan fingerprint density at radius 1 is 1.17 bits per heavy atom. The van der Waals surface area contributed by atoms with Crippen LogP contribution in [0.4, 0.5) is 10.1 Å². The number of aliphatic imine (C=N–C) groups is 1. The van der Waals surface area contributed by atoms with E-state index in [0.29, 0.717) is 5.56 Å². The molecule has 2 saturated heterocycles. The minimum Gasteiger partial charge on any atom is -0.369 e. The van der Waals surface area contributed by atoms with Crippen molar-refractivity contribution in [1.29, 1.82) is 0 Å². The lowest BCUT2D eigenvalue weighted by Gasteiger charge is -2.37. The number of hydrogen-bond donors (Lipinski definition) is 0. The zero-order chi connectivity index (χ0) is 21.7. The van der Waals surface area contributed by atoms with E-state index in [-0.39, 0.29) is 5.82 Å². The van der Waals surface area contributed by atoms with Crippen molar-refractivity contribution in [3.05, 3.63) is 71.9 Å². The molecule has 0 amide bonds. The van der Waals surface area contributed by atoms with Crippen molar-refractivity contribution in [2.45, 2.75) is 26.7 Å². The van der Waals surface area contributed by atoms with Gasteiger partial charge in [-0.3, -0.25) is 9.89 Å². The molecular weight excluding hydrogens is 375 g/mol. The number of allylic oxidation sites excluding steroid dienone is 3. The molecular formula is C25H33FN4. The molecule has 2 aliphatic rings. The Kier molecular flexibility index (Phi) is 7.27. The molecule has 0 unspecified atom stereocenters. The number of rotatable bonds is 7. The van der Waals surface area contributed by atoms with Crippen molar-refractivity contribution < 1.29 is 4.39 Å². The Hall–Kier alpha value is -2.66. The summed E-state index contributed by atoms with van der Waals surface area (Å²) in [6, 6.07) is 5.47. The molecule has 1 aromatic carbocycles. The molecule has 3 rings (SSSR count). The van der Waals surface area contributed by atoms with Crippen LogP contribution in [0.5, 0.6) is 0 Å². The quantitative estimate of drug-likeness (QED) is 0.464. The van der Waals surface area contributed by atoms with Crippen LogP contribution in [0.3, 0.4) is 0 Å². The highest BCUT2D eigenvalue weighted by Crippen LogP contribution is 2.31. The smallest absolute Gasteiger partial charge is 0.134 e. The van der Waals surface area contributed by atoms with Gasteiger partial charge in [0.1, 0.15) is 5.82 Å². The second-order valence-electron chi connectivity index (χ2n) is 8.24. The second-order valence-corrected chi connectivity index (χ2v) is 8.24. The van der Waals surface area contributed by atoms with Crippen LogP contribution >= 0.6 is 0 Å². The van der Waals surface area contributed by atoms with Gasteiger partial charge >= 0.3 is 0 Å². The fourth-order valence-corrected chi connectivity index (χ4v) is 4.27. The van der Waals surface area contributed by atoms with E-state index in [1.807, 2.05) is 19.1 Å². The monoisotopic (exact) mass is 408 g/mol. The van der Waals surface area contributed by atoms with Crippen LogP contribution in [0.1, 0.15) is 32.3 Å². The molecule has 2 heterocycles. The molecule has 0 spiro atoms. The Morgan fingerprint density at radius 3 is 2.50 bits per heavy atom. The highest BCUT2D eigenvalue weighted by Gasteiger charge is 2.22. The fourth-order valence-electron chi connectivity index (χ4n) is 4.27. The first-order valence-corrected chi connectivity index (χ1v) is 10.6. The average Bonchev–Trinajstić information content (AvgIpc) is 3.14. The standard InChI is InChI=1S/C25H33FN4/c1-19(17-27-5)15-20(2)18-28-11-13-29(14-12-28)22(4)24-9-8-23(16-25(24)26)30-10-6-7-21(30)3/h8-9,15-17H,3-7,10-14,18H2,1-2H3/b19-17-,20-15-. The van der Waals surface area contributed by atoms with Gasteiger partial charge in [0.05, 0.1) is 0 Å². The number of nitrogens with zero attached hydrogens (tertiary/aromatic N) is 4. The number of halogens is 1. The van der Waals surface area contributed by atoms with Crippen LogP contribution in [0.25, 0.3) is 5.70 Å². The molecule has 5 heteroatoms. The molecule has 0 radical (unpaired) electrons. The molecule has 0 bridgehead atoms. The summed E-state index contributed by atoms with van der Waals surface area (Å²) in [5, 5.41) is 0. The van der Waals surface area contributed by atoms with Crippen molar-refractivity contribution in [1.82, 2.24) is 9.80 Å². The highest BCUT2D eigenvalue weighted by atomic mass is 19.1. The molecule has 2 fully saturated rings. The number of hydrogen-bond acceptors (Lipinski definition) is 4. The van der Waals surface area contributed by atoms with E-state index in [2.05, 4.69) is 52.6 Å². The molecule has 0 atom stereocenters. The number of piperazine rings is 1. The third kappa shape index (κ3) is 5.28. The Labute approximate surface area is 180 Å². The average molecular weight is 409 g/mol. The van der Waals surface area contributed by atoms with Crippen LogP contribution in [0.15, 0.2) is 65.5 Å². The Morgan fingerprint density at radius 2 is 1.90 bits per heavy atom. The molecule has 0 N–H and O–H groups in total. The maximum absolute atomic E-state index is 14.9. The molecule has 30 heavy (non-hydrogen) atoms. The van der Waals surface area contributed by atoms with Gasteiger partial charge in [0.2, 0.25) is 0 Å². The fraction of sp³-hybridized carbons (Fsp3) is 0.400. The number of anilines is 1. The van der Waals surface area contributed by atoms with E-state index in [9.17, 15) is 4.39 Å². The van der Waals surface area contributed by atoms with E-state index in [1.165, 1.54) is 5.57 Å². The Bertz CT molecular complexity index is 875.